The van der Waals surface area contributed by atoms with E-state index in [1.165, 1.54) is 76.4 Å². The molecule has 2 heterocycles. The number of fused-ring (bicyclic) bond motifs is 2. The lowest BCUT2D eigenvalue weighted by Gasteiger charge is -2.35. The highest BCUT2D eigenvalue weighted by atomic mass is 15.3. The smallest absolute Gasteiger partial charge is 0.137 e. The van der Waals surface area contributed by atoms with Crippen LogP contribution in [0, 0.1) is 13.8 Å². The number of rotatable bonds is 6. The second-order valence-electron chi connectivity index (χ2n) is 13.7. The molecule has 0 spiro atoms. The zero-order valence-corrected chi connectivity index (χ0v) is 29.1. The molecule has 248 valence electrons. The second kappa shape index (κ2) is 12.0. The fraction of sp³-hybridized carbons (Fsp3) is 0.0625. The Morgan fingerprint density at radius 2 is 1.08 bits per heavy atom. The van der Waals surface area contributed by atoms with Gasteiger partial charge in [-0.1, -0.05) is 109 Å². The maximum Gasteiger partial charge on any atom is 0.137 e. The molecule has 1 atom stereocenters. The molecule has 4 heteroatoms. The van der Waals surface area contributed by atoms with Gasteiger partial charge in [0.1, 0.15) is 12.0 Å². The van der Waals surface area contributed by atoms with Crippen LogP contribution in [0.15, 0.2) is 170 Å². The Hall–Kier alpha value is -6.65. The fourth-order valence-corrected chi connectivity index (χ4v) is 8.39. The van der Waals surface area contributed by atoms with Gasteiger partial charge < -0.3 is 10.2 Å². The van der Waals surface area contributed by atoms with Crippen molar-refractivity contribution >= 4 is 82.4 Å². The van der Waals surface area contributed by atoms with E-state index in [1.54, 1.807) is 0 Å². The van der Waals surface area contributed by atoms with E-state index in [-0.39, 0.29) is 6.17 Å². The standard InChI is InChI=1S/C48H36N4/c1-31-29-43(51(45-21-7-9-27-49-45)41-19-11-15-33-13-3-5-17-37(33)41)39-26-24-36-32(2)30-44(40-25-23-35(31)47(39)48(36)40)52(46-22-8-10-28-50-46)42-20-12-16-34-14-4-6-18-38(34)42/h3-30,45,49H,1-2H3. The number of pyridine rings is 1. The van der Waals surface area contributed by atoms with Gasteiger partial charge in [0.05, 0.1) is 22.7 Å². The van der Waals surface area contributed by atoms with Crippen LogP contribution in [-0.2, 0) is 0 Å². The number of benzene rings is 8. The first-order valence-corrected chi connectivity index (χ1v) is 17.9. The highest BCUT2D eigenvalue weighted by molar-refractivity contribution is 6.29. The van der Waals surface area contributed by atoms with Crippen LogP contribution in [0.5, 0.6) is 0 Å². The molecule has 0 bridgehead atoms. The van der Waals surface area contributed by atoms with E-state index >= 15 is 0 Å². The van der Waals surface area contributed by atoms with Crippen LogP contribution in [0.25, 0.3) is 53.9 Å². The summed E-state index contributed by atoms with van der Waals surface area (Å²) < 4.78 is 0. The first-order chi connectivity index (χ1) is 25.7. The quantitative estimate of drug-likeness (QED) is 0.179. The molecule has 10 rings (SSSR count). The van der Waals surface area contributed by atoms with Crippen molar-refractivity contribution in [3.8, 4) is 0 Å². The van der Waals surface area contributed by atoms with Gasteiger partial charge >= 0.3 is 0 Å². The number of nitrogens with zero attached hydrogens (tertiary/aromatic N) is 3. The minimum atomic E-state index is -0.0722. The van der Waals surface area contributed by atoms with Crippen molar-refractivity contribution < 1.29 is 0 Å². The van der Waals surface area contributed by atoms with Gasteiger partial charge in [0, 0.05) is 27.7 Å². The van der Waals surface area contributed by atoms with Crippen LogP contribution in [0.1, 0.15) is 11.1 Å². The summed E-state index contributed by atoms with van der Waals surface area (Å²) in [4.78, 5) is 9.76. The number of aryl methyl sites for hydroxylation is 2. The maximum atomic E-state index is 4.94. The number of anilines is 5. The van der Waals surface area contributed by atoms with Crippen LogP contribution in [0.3, 0.4) is 0 Å². The number of aromatic nitrogens is 1. The van der Waals surface area contributed by atoms with E-state index < -0.39 is 0 Å². The second-order valence-corrected chi connectivity index (χ2v) is 13.7. The van der Waals surface area contributed by atoms with Gasteiger partial charge in [-0.2, -0.15) is 0 Å². The van der Waals surface area contributed by atoms with Crippen LogP contribution in [0.4, 0.5) is 28.6 Å². The molecular weight excluding hydrogens is 633 g/mol. The van der Waals surface area contributed by atoms with E-state index in [4.69, 9.17) is 4.98 Å². The summed E-state index contributed by atoms with van der Waals surface area (Å²) in [6, 6.07) is 50.7. The Morgan fingerprint density at radius 1 is 0.500 bits per heavy atom. The largest absolute Gasteiger partial charge is 0.368 e. The molecule has 4 nitrogen and oxygen atoms in total. The summed E-state index contributed by atoms with van der Waals surface area (Å²) in [6.45, 7) is 4.50. The number of dihydropyridines is 1. The van der Waals surface area contributed by atoms with Crippen molar-refractivity contribution in [1.29, 1.82) is 0 Å². The molecule has 0 aliphatic carbocycles. The van der Waals surface area contributed by atoms with Gasteiger partial charge in [0.2, 0.25) is 0 Å². The SMILES string of the molecule is Cc1cc(N(c2ccccn2)c2cccc3ccccc23)c2ccc3c(C)cc(N(c4cccc5ccccc45)C4C=CC=CN4)c4ccc1c2c34. The molecule has 0 amide bonds. The Balaban J connectivity index is 1.29. The summed E-state index contributed by atoms with van der Waals surface area (Å²) in [7, 11) is 0. The highest BCUT2D eigenvalue weighted by Gasteiger charge is 2.27. The van der Waals surface area contributed by atoms with E-state index in [0.29, 0.717) is 0 Å². The van der Waals surface area contributed by atoms with Gasteiger partial charge in [0.25, 0.3) is 0 Å². The van der Waals surface area contributed by atoms with Gasteiger partial charge in [-0.25, -0.2) is 4.98 Å². The normalized spacial score (nSPS) is 14.2. The van der Waals surface area contributed by atoms with Crippen molar-refractivity contribution in [1.82, 2.24) is 10.3 Å². The molecule has 8 aromatic carbocycles. The first kappa shape index (κ1) is 30.2. The topological polar surface area (TPSA) is 31.4 Å². The lowest BCUT2D eigenvalue weighted by Crippen LogP contribution is -2.40. The zero-order valence-electron chi connectivity index (χ0n) is 29.1. The van der Waals surface area contributed by atoms with Gasteiger partial charge in [-0.05, 0) is 112 Å². The predicted octanol–water partition coefficient (Wildman–Crippen LogP) is 12.5. The van der Waals surface area contributed by atoms with Crippen LogP contribution >= 0.6 is 0 Å². The van der Waals surface area contributed by atoms with E-state index in [1.807, 2.05) is 18.5 Å². The van der Waals surface area contributed by atoms with Crippen LogP contribution in [-0.4, -0.2) is 11.1 Å². The van der Waals surface area contributed by atoms with Gasteiger partial charge in [-0.3, -0.25) is 4.90 Å². The number of nitrogens with one attached hydrogen (secondary N) is 1. The molecule has 0 saturated heterocycles. The lowest BCUT2D eigenvalue weighted by molar-refractivity contribution is 0.703. The Kier molecular flexibility index (Phi) is 6.97. The first-order valence-electron chi connectivity index (χ1n) is 17.9. The monoisotopic (exact) mass is 668 g/mol. The minimum absolute atomic E-state index is 0.0722. The summed E-state index contributed by atoms with van der Waals surface area (Å²) >= 11 is 0. The molecule has 52 heavy (non-hydrogen) atoms. The van der Waals surface area contributed by atoms with Crippen LogP contribution in [0.2, 0.25) is 0 Å². The Labute approximate surface area is 302 Å². The van der Waals surface area contributed by atoms with Crippen molar-refractivity contribution in [2.45, 2.75) is 20.0 Å². The fourth-order valence-electron chi connectivity index (χ4n) is 8.39. The molecule has 0 fully saturated rings. The number of hydrogen-bond acceptors (Lipinski definition) is 4. The summed E-state index contributed by atoms with van der Waals surface area (Å²) in [6.07, 6.45) is 10.3. The Bertz CT molecular complexity index is 2860. The summed E-state index contributed by atoms with van der Waals surface area (Å²) in [5.74, 6) is 0.885. The minimum Gasteiger partial charge on any atom is -0.368 e. The van der Waals surface area contributed by atoms with Crippen molar-refractivity contribution in [3.05, 3.63) is 181 Å². The average Bonchev–Trinajstić information content (AvgIpc) is 3.20. The molecule has 1 aromatic heterocycles. The van der Waals surface area contributed by atoms with E-state index in [9.17, 15) is 0 Å². The molecule has 1 aliphatic rings. The van der Waals surface area contributed by atoms with Gasteiger partial charge in [-0.15, -0.1) is 0 Å². The predicted molar refractivity (Wildman–Crippen MR) is 221 cm³/mol. The number of hydrogen-bond donors (Lipinski definition) is 1. The molecule has 1 unspecified atom stereocenters. The third-order valence-electron chi connectivity index (χ3n) is 10.7. The molecular formula is C48H36N4. The van der Waals surface area contributed by atoms with Crippen molar-refractivity contribution in [2.75, 3.05) is 9.80 Å². The summed E-state index contributed by atoms with van der Waals surface area (Å²) in [5, 5.41) is 16.0. The van der Waals surface area contributed by atoms with Crippen LogP contribution < -0.4 is 15.1 Å². The highest BCUT2D eigenvalue weighted by Crippen LogP contribution is 2.49. The average molecular weight is 669 g/mol. The third kappa shape index (κ3) is 4.65. The lowest BCUT2D eigenvalue weighted by atomic mass is 9.88. The number of allylic oxidation sites excluding steroid dienone is 2. The molecule has 0 radical (unpaired) electrons. The van der Waals surface area contributed by atoms with Gasteiger partial charge in [0.15, 0.2) is 0 Å². The molecule has 1 aliphatic heterocycles. The maximum absolute atomic E-state index is 4.94. The third-order valence-corrected chi connectivity index (χ3v) is 10.7. The molecule has 9 aromatic rings. The molecule has 1 N–H and O–H groups in total. The van der Waals surface area contributed by atoms with Crippen molar-refractivity contribution in [2.24, 2.45) is 0 Å². The zero-order chi connectivity index (χ0) is 34.8. The van der Waals surface area contributed by atoms with Crippen molar-refractivity contribution in [3.63, 3.8) is 0 Å². The molecule has 0 saturated carbocycles. The van der Waals surface area contributed by atoms with E-state index in [0.717, 1.165) is 17.2 Å². The summed E-state index contributed by atoms with van der Waals surface area (Å²) in [5.41, 5.74) is 7.04. The Morgan fingerprint density at radius 3 is 1.73 bits per heavy atom. The van der Waals surface area contributed by atoms with E-state index in [2.05, 4.69) is 181 Å².